The minimum atomic E-state index is -3.33. The van der Waals surface area contributed by atoms with Gasteiger partial charge >= 0.3 is 0 Å². The largest absolute Gasteiger partial charge is 0.481 e. The standard InChI is InChI=1S/C22H24N2O4S/c1-4-21(28-18-14-12-17(13-15-18)24(2)29(3,26)27)22(25)23-20-11-7-9-16-8-5-6-10-19(16)20/h5-15,21H,4H2,1-3H3,(H,23,25)/t21-/m1/s1. The smallest absolute Gasteiger partial charge is 0.265 e. The highest BCUT2D eigenvalue weighted by atomic mass is 32.2. The minimum absolute atomic E-state index is 0.235. The molecule has 0 aromatic heterocycles. The number of nitrogens with one attached hydrogen (secondary N) is 1. The summed E-state index contributed by atoms with van der Waals surface area (Å²) in [6, 6.07) is 20.2. The summed E-state index contributed by atoms with van der Waals surface area (Å²) in [6.45, 7) is 1.87. The quantitative estimate of drug-likeness (QED) is 0.636. The maximum Gasteiger partial charge on any atom is 0.265 e. The predicted molar refractivity (Wildman–Crippen MR) is 117 cm³/mol. The monoisotopic (exact) mass is 412 g/mol. The maximum atomic E-state index is 12.8. The van der Waals surface area contributed by atoms with E-state index in [1.54, 1.807) is 24.3 Å². The van der Waals surface area contributed by atoms with Crippen LogP contribution in [0.25, 0.3) is 10.8 Å². The first-order chi connectivity index (χ1) is 13.8. The molecule has 7 heteroatoms. The average Bonchev–Trinajstić information content (AvgIpc) is 2.71. The number of carbonyl (C=O) groups is 1. The third kappa shape index (κ3) is 4.86. The van der Waals surface area contributed by atoms with E-state index >= 15 is 0 Å². The van der Waals surface area contributed by atoms with Gasteiger partial charge in [-0.25, -0.2) is 8.42 Å². The van der Waals surface area contributed by atoms with Crippen LogP contribution in [0.5, 0.6) is 5.75 Å². The van der Waals surface area contributed by atoms with Gasteiger partial charge in [-0.15, -0.1) is 0 Å². The zero-order valence-corrected chi connectivity index (χ0v) is 17.4. The molecule has 3 aromatic rings. The zero-order valence-electron chi connectivity index (χ0n) is 16.6. The Kier molecular flexibility index (Phi) is 6.08. The number of sulfonamides is 1. The lowest BCUT2D eigenvalue weighted by molar-refractivity contribution is -0.122. The second kappa shape index (κ2) is 8.53. The van der Waals surface area contributed by atoms with Crippen molar-refractivity contribution in [2.75, 3.05) is 22.9 Å². The van der Waals surface area contributed by atoms with Crippen molar-refractivity contribution in [1.29, 1.82) is 0 Å². The molecule has 0 spiro atoms. The highest BCUT2D eigenvalue weighted by Gasteiger charge is 2.20. The zero-order chi connectivity index (χ0) is 21.0. The molecular formula is C22H24N2O4S. The summed E-state index contributed by atoms with van der Waals surface area (Å²) in [5.74, 6) is 0.261. The molecule has 6 nitrogen and oxygen atoms in total. The van der Waals surface area contributed by atoms with Crippen molar-refractivity contribution < 1.29 is 17.9 Å². The van der Waals surface area contributed by atoms with E-state index in [1.165, 1.54) is 11.4 Å². The van der Waals surface area contributed by atoms with Crippen molar-refractivity contribution in [2.24, 2.45) is 0 Å². The van der Waals surface area contributed by atoms with Crippen LogP contribution < -0.4 is 14.4 Å². The van der Waals surface area contributed by atoms with E-state index in [4.69, 9.17) is 4.74 Å². The Hall–Kier alpha value is -3.06. The Balaban J connectivity index is 1.73. The number of hydrogen-bond donors (Lipinski definition) is 1. The lowest BCUT2D eigenvalue weighted by atomic mass is 10.1. The van der Waals surface area contributed by atoms with E-state index < -0.39 is 16.1 Å². The number of carbonyl (C=O) groups excluding carboxylic acids is 1. The summed E-state index contributed by atoms with van der Waals surface area (Å²) in [5, 5.41) is 4.96. The second-order valence-electron chi connectivity index (χ2n) is 6.76. The first-order valence-electron chi connectivity index (χ1n) is 9.29. The molecule has 29 heavy (non-hydrogen) atoms. The Morgan fingerprint density at radius 1 is 1.03 bits per heavy atom. The number of fused-ring (bicyclic) bond motifs is 1. The predicted octanol–water partition coefficient (Wildman–Crippen LogP) is 4.03. The molecule has 0 aliphatic carbocycles. The van der Waals surface area contributed by atoms with E-state index in [0.717, 1.165) is 22.7 Å². The Labute approximate surface area is 171 Å². The molecule has 0 fully saturated rings. The van der Waals surface area contributed by atoms with Gasteiger partial charge in [0.1, 0.15) is 5.75 Å². The van der Waals surface area contributed by atoms with Gasteiger partial charge in [0, 0.05) is 18.1 Å². The van der Waals surface area contributed by atoms with Crippen LogP contribution >= 0.6 is 0 Å². The highest BCUT2D eigenvalue weighted by molar-refractivity contribution is 7.92. The summed E-state index contributed by atoms with van der Waals surface area (Å²) in [5.41, 5.74) is 1.26. The number of ether oxygens (including phenoxy) is 1. The van der Waals surface area contributed by atoms with Crippen molar-refractivity contribution >= 4 is 38.1 Å². The number of nitrogens with zero attached hydrogens (tertiary/aromatic N) is 1. The number of benzene rings is 3. The normalized spacial score (nSPS) is 12.4. The Bertz CT molecular complexity index is 1110. The molecule has 0 aliphatic rings. The van der Waals surface area contributed by atoms with Gasteiger partial charge < -0.3 is 10.1 Å². The molecule has 0 saturated carbocycles. The third-order valence-electron chi connectivity index (χ3n) is 4.69. The maximum absolute atomic E-state index is 12.8. The minimum Gasteiger partial charge on any atom is -0.481 e. The van der Waals surface area contributed by atoms with Crippen LogP contribution in [0, 0.1) is 0 Å². The summed E-state index contributed by atoms with van der Waals surface area (Å²) < 4.78 is 30.3. The molecule has 0 aliphatic heterocycles. The van der Waals surface area contributed by atoms with Gasteiger partial charge in [-0.05, 0) is 42.1 Å². The molecule has 0 saturated heterocycles. The topological polar surface area (TPSA) is 75.7 Å². The van der Waals surface area contributed by atoms with Crippen LogP contribution in [0.3, 0.4) is 0 Å². The summed E-state index contributed by atoms with van der Waals surface area (Å²) in [4.78, 5) is 12.8. The van der Waals surface area contributed by atoms with Crippen molar-refractivity contribution in [3.05, 3.63) is 66.7 Å². The van der Waals surface area contributed by atoms with Gasteiger partial charge in [-0.3, -0.25) is 9.10 Å². The molecule has 3 aromatic carbocycles. The molecule has 0 heterocycles. The van der Waals surface area contributed by atoms with E-state index in [1.807, 2.05) is 49.4 Å². The lowest BCUT2D eigenvalue weighted by Crippen LogP contribution is -2.32. The van der Waals surface area contributed by atoms with Gasteiger partial charge in [-0.2, -0.15) is 0 Å². The molecule has 1 amide bonds. The summed E-state index contributed by atoms with van der Waals surface area (Å²) in [7, 11) is -1.85. The molecule has 0 bridgehead atoms. The molecule has 152 valence electrons. The summed E-state index contributed by atoms with van der Waals surface area (Å²) in [6.07, 6.45) is 0.955. The second-order valence-corrected chi connectivity index (χ2v) is 8.77. The van der Waals surface area contributed by atoms with Crippen LogP contribution in [-0.4, -0.2) is 33.7 Å². The molecule has 0 radical (unpaired) electrons. The number of anilines is 2. The molecular weight excluding hydrogens is 388 g/mol. The van der Waals surface area contributed by atoms with Crippen molar-refractivity contribution in [3.8, 4) is 5.75 Å². The van der Waals surface area contributed by atoms with E-state index in [-0.39, 0.29) is 5.91 Å². The van der Waals surface area contributed by atoms with Crippen LogP contribution in [0.15, 0.2) is 66.7 Å². The number of amides is 1. The highest BCUT2D eigenvalue weighted by Crippen LogP contribution is 2.25. The van der Waals surface area contributed by atoms with Gasteiger partial charge in [0.2, 0.25) is 10.0 Å². The third-order valence-corrected chi connectivity index (χ3v) is 5.89. The molecule has 0 unspecified atom stereocenters. The molecule has 1 atom stereocenters. The fraction of sp³-hybridized carbons (Fsp3) is 0.227. The fourth-order valence-electron chi connectivity index (χ4n) is 2.96. The van der Waals surface area contributed by atoms with Crippen LogP contribution in [0.1, 0.15) is 13.3 Å². The van der Waals surface area contributed by atoms with E-state index in [0.29, 0.717) is 17.9 Å². The Morgan fingerprint density at radius 3 is 2.34 bits per heavy atom. The number of rotatable bonds is 7. The molecule has 1 N–H and O–H groups in total. The van der Waals surface area contributed by atoms with Crippen LogP contribution in [-0.2, 0) is 14.8 Å². The SMILES string of the molecule is CC[C@@H](Oc1ccc(N(C)S(C)(=O)=O)cc1)C(=O)Nc1cccc2ccccc12. The van der Waals surface area contributed by atoms with Gasteiger partial charge in [0.15, 0.2) is 6.10 Å². The number of hydrogen-bond acceptors (Lipinski definition) is 4. The van der Waals surface area contributed by atoms with Crippen molar-refractivity contribution in [1.82, 2.24) is 0 Å². The van der Waals surface area contributed by atoms with Crippen molar-refractivity contribution in [2.45, 2.75) is 19.4 Å². The van der Waals surface area contributed by atoms with Crippen LogP contribution in [0.2, 0.25) is 0 Å². The average molecular weight is 413 g/mol. The first kappa shape index (κ1) is 20.7. The first-order valence-corrected chi connectivity index (χ1v) is 11.1. The van der Waals surface area contributed by atoms with Gasteiger partial charge in [0.25, 0.3) is 5.91 Å². The van der Waals surface area contributed by atoms with Crippen LogP contribution in [0.4, 0.5) is 11.4 Å². The Morgan fingerprint density at radius 2 is 1.69 bits per heavy atom. The van der Waals surface area contributed by atoms with E-state index in [2.05, 4.69) is 5.32 Å². The van der Waals surface area contributed by atoms with Crippen molar-refractivity contribution in [3.63, 3.8) is 0 Å². The van der Waals surface area contributed by atoms with Gasteiger partial charge in [0.05, 0.1) is 11.9 Å². The lowest BCUT2D eigenvalue weighted by Gasteiger charge is -2.20. The van der Waals surface area contributed by atoms with E-state index in [9.17, 15) is 13.2 Å². The summed E-state index contributed by atoms with van der Waals surface area (Å²) >= 11 is 0. The fourth-order valence-corrected chi connectivity index (χ4v) is 3.46. The van der Waals surface area contributed by atoms with Gasteiger partial charge in [-0.1, -0.05) is 43.3 Å². The molecule has 3 rings (SSSR count).